The molecular formula is C12H14F2N2O. The smallest absolute Gasteiger partial charge is 0.251 e. The lowest BCUT2D eigenvalue weighted by Gasteiger charge is -2.16. The highest BCUT2D eigenvalue weighted by Crippen LogP contribution is 2.11. The third-order valence-corrected chi connectivity index (χ3v) is 2.96. The quantitative estimate of drug-likeness (QED) is 0.818. The first-order valence-electron chi connectivity index (χ1n) is 5.54. The highest BCUT2D eigenvalue weighted by molar-refractivity contribution is 5.94. The summed E-state index contributed by atoms with van der Waals surface area (Å²) in [6.45, 7) is 3.53. The van der Waals surface area contributed by atoms with Crippen molar-refractivity contribution in [2.75, 3.05) is 13.1 Å². The lowest BCUT2D eigenvalue weighted by Crippen LogP contribution is -2.39. The number of hydrogen-bond acceptors (Lipinski definition) is 2. The molecule has 0 aliphatic carbocycles. The summed E-state index contributed by atoms with van der Waals surface area (Å²) >= 11 is 0. The molecule has 0 saturated carbocycles. The molecule has 1 amide bonds. The van der Waals surface area contributed by atoms with E-state index in [0.29, 0.717) is 12.5 Å². The van der Waals surface area contributed by atoms with Gasteiger partial charge in [-0.25, -0.2) is 8.78 Å². The van der Waals surface area contributed by atoms with Crippen molar-refractivity contribution in [3.63, 3.8) is 0 Å². The topological polar surface area (TPSA) is 41.1 Å². The summed E-state index contributed by atoms with van der Waals surface area (Å²) < 4.78 is 25.9. The van der Waals surface area contributed by atoms with Crippen molar-refractivity contribution in [1.29, 1.82) is 0 Å². The Kier molecular flexibility index (Phi) is 3.38. The van der Waals surface area contributed by atoms with Gasteiger partial charge < -0.3 is 10.6 Å². The summed E-state index contributed by atoms with van der Waals surface area (Å²) in [5, 5.41) is 5.90. The van der Waals surface area contributed by atoms with Gasteiger partial charge in [0.25, 0.3) is 5.91 Å². The molecule has 5 heteroatoms. The van der Waals surface area contributed by atoms with Crippen LogP contribution in [0, 0.1) is 17.6 Å². The van der Waals surface area contributed by atoms with Crippen molar-refractivity contribution >= 4 is 5.91 Å². The molecule has 1 saturated heterocycles. The fourth-order valence-corrected chi connectivity index (χ4v) is 1.94. The summed E-state index contributed by atoms with van der Waals surface area (Å²) in [4.78, 5) is 11.8. The molecule has 1 aromatic carbocycles. The lowest BCUT2D eigenvalue weighted by atomic mass is 10.1. The number of rotatable bonds is 2. The zero-order chi connectivity index (χ0) is 12.4. The van der Waals surface area contributed by atoms with Crippen LogP contribution < -0.4 is 10.6 Å². The Balaban J connectivity index is 2.09. The van der Waals surface area contributed by atoms with Gasteiger partial charge in [0.15, 0.2) is 0 Å². The van der Waals surface area contributed by atoms with Crippen molar-refractivity contribution in [3.8, 4) is 0 Å². The third kappa shape index (κ3) is 2.79. The zero-order valence-electron chi connectivity index (χ0n) is 9.47. The van der Waals surface area contributed by atoms with Gasteiger partial charge >= 0.3 is 0 Å². The van der Waals surface area contributed by atoms with E-state index in [1.807, 2.05) is 6.92 Å². The van der Waals surface area contributed by atoms with E-state index in [1.54, 1.807) is 0 Å². The summed E-state index contributed by atoms with van der Waals surface area (Å²) in [5.41, 5.74) is 0.0154. The number of amides is 1. The highest BCUT2D eigenvalue weighted by Gasteiger charge is 2.25. The minimum Gasteiger partial charge on any atom is -0.348 e. The Bertz CT molecular complexity index is 416. The average Bonchev–Trinajstić information content (AvgIpc) is 2.63. The maximum absolute atomic E-state index is 12.9. The second-order valence-corrected chi connectivity index (χ2v) is 4.37. The van der Waals surface area contributed by atoms with Crippen LogP contribution >= 0.6 is 0 Å². The van der Waals surface area contributed by atoms with Crippen LogP contribution in [-0.2, 0) is 0 Å². The van der Waals surface area contributed by atoms with E-state index < -0.39 is 17.5 Å². The van der Waals surface area contributed by atoms with Gasteiger partial charge in [0, 0.05) is 24.2 Å². The molecule has 1 aliphatic rings. The number of nitrogens with one attached hydrogen (secondary N) is 2. The largest absolute Gasteiger partial charge is 0.348 e. The predicted octanol–water partition coefficient (Wildman–Crippen LogP) is 1.30. The molecule has 17 heavy (non-hydrogen) atoms. The van der Waals surface area contributed by atoms with Crippen LogP contribution in [-0.4, -0.2) is 25.0 Å². The van der Waals surface area contributed by atoms with Crippen LogP contribution in [0.15, 0.2) is 18.2 Å². The van der Waals surface area contributed by atoms with Gasteiger partial charge in [-0.3, -0.25) is 4.79 Å². The monoisotopic (exact) mass is 240 g/mol. The fourth-order valence-electron chi connectivity index (χ4n) is 1.94. The van der Waals surface area contributed by atoms with E-state index in [-0.39, 0.29) is 11.6 Å². The minimum absolute atomic E-state index is 0.00817. The molecule has 1 aliphatic heterocycles. The molecule has 3 nitrogen and oxygen atoms in total. The second-order valence-electron chi connectivity index (χ2n) is 4.37. The molecule has 0 bridgehead atoms. The van der Waals surface area contributed by atoms with Crippen LogP contribution in [0.4, 0.5) is 8.78 Å². The first kappa shape index (κ1) is 12.0. The Morgan fingerprint density at radius 3 is 2.47 bits per heavy atom. The van der Waals surface area contributed by atoms with Gasteiger partial charge in [-0.05, 0) is 24.6 Å². The number of carbonyl (C=O) groups is 1. The Morgan fingerprint density at radius 1 is 1.29 bits per heavy atom. The third-order valence-electron chi connectivity index (χ3n) is 2.96. The first-order chi connectivity index (χ1) is 8.06. The summed E-state index contributed by atoms with van der Waals surface area (Å²) in [6.07, 6.45) is 0. The van der Waals surface area contributed by atoms with Gasteiger partial charge in [0.2, 0.25) is 0 Å². The molecule has 0 spiro atoms. The molecule has 92 valence electrons. The van der Waals surface area contributed by atoms with Gasteiger partial charge in [0.05, 0.1) is 0 Å². The van der Waals surface area contributed by atoms with Crippen LogP contribution in [0.5, 0.6) is 0 Å². The van der Waals surface area contributed by atoms with Crippen molar-refractivity contribution in [2.24, 2.45) is 5.92 Å². The van der Waals surface area contributed by atoms with Gasteiger partial charge in [0.1, 0.15) is 11.6 Å². The Hall–Kier alpha value is -1.49. The van der Waals surface area contributed by atoms with Crippen LogP contribution in [0.25, 0.3) is 0 Å². The lowest BCUT2D eigenvalue weighted by molar-refractivity contribution is 0.0932. The maximum Gasteiger partial charge on any atom is 0.251 e. The van der Waals surface area contributed by atoms with E-state index in [1.165, 1.54) is 0 Å². The van der Waals surface area contributed by atoms with E-state index >= 15 is 0 Å². The van der Waals surface area contributed by atoms with Gasteiger partial charge in [-0.1, -0.05) is 6.92 Å². The predicted molar refractivity (Wildman–Crippen MR) is 59.6 cm³/mol. The van der Waals surface area contributed by atoms with Crippen molar-refractivity contribution in [1.82, 2.24) is 10.6 Å². The molecule has 2 atom stereocenters. The van der Waals surface area contributed by atoms with Crippen molar-refractivity contribution in [3.05, 3.63) is 35.4 Å². The van der Waals surface area contributed by atoms with E-state index in [9.17, 15) is 13.6 Å². The molecular weight excluding hydrogens is 226 g/mol. The summed E-state index contributed by atoms with van der Waals surface area (Å²) in [6, 6.07) is 2.82. The second kappa shape index (κ2) is 4.79. The Labute approximate surface area is 98.2 Å². The molecule has 1 fully saturated rings. The van der Waals surface area contributed by atoms with Gasteiger partial charge in [-0.2, -0.15) is 0 Å². The van der Waals surface area contributed by atoms with E-state index in [2.05, 4.69) is 10.6 Å². The highest BCUT2D eigenvalue weighted by atomic mass is 19.1. The molecule has 1 aromatic rings. The zero-order valence-corrected chi connectivity index (χ0v) is 9.47. The number of benzene rings is 1. The first-order valence-corrected chi connectivity index (χ1v) is 5.54. The maximum atomic E-state index is 12.9. The van der Waals surface area contributed by atoms with Crippen molar-refractivity contribution < 1.29 is 13.6 Å². The summed E-state index contributed by atoms with van der Waals surface area (Å²) in [5.74, 6) is -1.61. The van der Waals surface area contributed by atoms with Gasteiger partial charge in [-0.15, -0.1) is 0 Å². The number of carbonyl (C=O) groups excluding carboxylic acids is 1. The van der Waals surface area contributed by atoms with E-state index in [0.717, 1.165) is 24.7 Å². The van der Waals surface area contributed by atoms with Crippen LogP contribution in [0.1, 0.15) is 17.3 Å². The SMILES string of the molecule is CC1CNCC1NC(=O)c1cc(F)cc(F)c1. The van der Waals surface area contributed by atoms with Crippen molar-refractivity contribution in [2.45, 2.75) is 13.0 Å². The molecule has 2 N–H and O–H groups in total. The summed E-state index contributed by atoms with van der Waals surface area (Å²) in [7, 11) is 0. The molecule has 2 rings (SSSR count). The van der Waals surface area contributed by atoms with Crippen LogP contribution in [0.3, 0.4) is 0 Å². The molecule has 1 heterocycles. The molecule has 0 radical (unpaired) electrons. The van der Waals surface area contributed by atoms with E-state index in [4.69, 9.17) is 0 Å². The van der Waals surface area contributed by atoms with Crippen LogP contribution in [0.2, 0.25) is 0 Å². The number of hydrogen-bond donors (Lipinski definition) is 2. The number of halogens is 2. The fraction of sp³-hybridized carbons (Fsp3) is 0.417. The Morgan fingerprint density at radius 2 is 1.94 bits per heavy atom. The average molecular weight is 240 g/mol. The molecule has 0 aromatic heterocycles. The standard InChI is InChI=1S/C12H14F2N2O/c1-7-5-15-6-11(7)16-12(17)8-2-9(13)4-10(14)3-8/h2-4,7,11,15H,5-6H2,1H3,(H,16,17). The molecule has 2 unspecified atom stereocenters. The normalized spacial score (nSPS) is 23.7. The minimum atomic E-state index is -0.743.